The second kappa shape index (κ2) is 45.2. The normalized spacial score (nSPS) is 18.1. The molecule has 3 heterocycles. The minimum absolute atomic E-state index is 0.0290. The van der Waals surface area contributed by atoms with Gasteiger partial charge in [-0.25, -0.2) is 24.0 Å². The van der Waals surface area contributed by atoms with Gasteiger partial charge in [0.2, 0.25) is 17.7 Å². The molecule has 13 rings (SSSR count). The number of carbonyl (C=O) groups is 9. The summed E-state index contributed by atoms with van der Waals surface area (Å²) in [6.45, 7) is 29.8. The number of nitrogens with zero attached hydrogens (tertiary/aromatic N) is 2. The predicted molar refractivity (Wildman–Crippen MR) is 521 cm³/mol. The number of hydrogen-bond acceptors (Lipinski definition) is 18. The lowest BCUT2D eigenvalue weighted by molar-refractivity contribution is -0.166. The number of nitrogens with one attached hydrogen (secondary N) is 5. The van der Waals surface area contributed by atoms with Crippen molar-refractivity contribution in [3.8, 4) is 22.3 Å². The fourth-order valence-corrected chi connectivity index (χ4v) is 26.2. The molecule has 1 unspecified atom stereocenters. The highest BCUT2D eigenvalue weighted by Crippen LogP contribution is 2.52. The molecule has 5 N–H and O–H groups in total. The van der Waals surface area contributed by atoms with Gasteiger partial charge in [0, 0.05) is 118 Å². The number of alkyl carbamates (subject to hydrolysis) is 2. The van der Waals surface area contributed by atoms with Crippen LogP contribution in [-0.4, -0.2) is 150 Å². The number of anilines is 1. The summed E-state index contributed by atoms with van der Waals surface area (Å²) in [5, 5.41) is 15.2. The molecule has 2 aliphatic carbocycles. The van der Waals surface area contributed by atoms with Crippen molar-refractivity contribution in [1.29, 1.82) is 0 Å². The van der Waals surface area contributed by atoms with Gasteiger partial charge in [-0.1, -0.05) is 280 Å². The number of amides is 6. The molecular formula is C99H114ClN7O15S7. The third-order valence-corrected chi connectivity index (χ3v) is 32.9. The molecule has 11 atom stereocenters. The summed E-state index contributed by atoms with van der Waals surface area (Å²) in [6.07, 6.45) is -1.50. The van der Waals surface area contributed by atoms with Gasteiger partial charge in [0.05, 0.1) is 11.7 Å². The number of hydrogen-bond donors (Lipinski definition) is 5. The average Bonchev–Trinajstić information content (AvgIpc) is 1.41. The monoisotopic (exact) mass is 1900 g/mol. The van der Waals surface area contributed by atoms with Gasteiger partial charge in [0.15, 0.2) is 17.7 Å². The quantitative estimate of drug-likeness (QED) is 0.0126. The lowest BCUT2D eigenvalue weighted by atomic mass is 9.79. The van der Waals surface area contributed by atoms with Crippen molar-refractivity contribution >= 4 is 138 Å². The molecule has 6 amide bonds. The number of para-hydroxylation sites is 1. The van der Waals surface area contributed by atoms with Crippen molar-refractivity contribution < 1.29 is 71.6 Å². The molecule has 0 bridgehead atoms. The van der Waals surface area contributed by atoms with E-state index in [-0.39, 0.29) is 57.0 Å². The predicted octanol–water partition coefficient (Wildman–Crippen LogP) is 16.4. The second-order valence-electron chi connectivity index (χ2n) is 35.3. The summed E-state index contributed by atoms with van der Waals surface area (Å²) < 4.78 is 36.0. The Morgan fingerprint density at radius 2 is 1.08 bits per heavy atom. The number of halogens is 1. The van der Waals surface area contributed by atoms with Gasteiger partial charge in [-0.15, -0.1) is 0 Å². The van der Waals surface area contributed by atoms with Crippen molar-refractivity contribution in [3.63, 3.8) is 0 Å². The Labute approximate surface area is 785 Å². The molecule has 2 saturated heterocycles. The Kier molecular flexibility index (Phi) is 34.8. The third-order valence-electron chi connectivity index (χ3n) is 23.7. The molecule has 0 radical (unpaired) electrons. The van der Waals surface area contributed by atoms with E-state index < -0.39 is 143 Å². The Morgan fingerprint density at radius 3 is 1.59 bits per heavy atom. The van der Waals surface area contributed by atoms with E-state index in [0.29, 0.717) is 34.6 Å². The van der Waals surface area contributed by atoms with Crippen LogP contribution in [0.5, 0.6) is 0 Å². The van der Waals surface area contributed by atoms with Crippen LogP contribution in [0, 0.1) is 30.6 Å². The molecule has 5 aliphatic rings. The van der Waals surface area contributed by atoms with Crippen LogP contribution in [0.3, 0.4) is 0 Å². The SMILES string of the molecule is C=CCOC(=O)[C@@H]1C[C@@]2(C)c3ccccc3N[C@H]2N1C(=O)[C@H](NC(=O)[C@H](CC(C)C)NC(=O)[C@H]1CCCN1C(=O)[C@@H](OC(=O)[C@H](NC(=O)OCC1c2ccccc2-c2ccccc21)C(C)C)C(C)C)C(C)C.Cc1ccc(C(OC(=O)[C@H](NC(=O)OCC2c3ccccc3-c3ccccc32)[C@H](C)OC(C)(C)C)(c2ccccc2)c2ccccc2Cl)cc1.S=S=S=S=S=S=S. The maximum absolute atomic E-state index is 14.9. The molecule has 8 aromatic rings. The van der Waals surface area contributed by atoms with Gasteiger partial charge in [0.1, 0.15) is 56.2 Å². The van der Waals surface area contributed by atoms with Crippen LogP contribution < -0.4 is 26.6 Å². The van der Waals surface area contributed by atoms with Crippen LogP contribution in [0.1, 0.15) is 178 Å². The largest absolute Gasteiger partial charge is 0.460 e. The van der Waals surface area contributed by atoms with E-state index in [1.807, 2.05) is 218 Å². The Bertz CT molecular complexity index is 5540. The molecule has 2 fully saturated rings. The topological polar surface area (TPSA) is 276 Å². The molecule has 30 heteroatoms. The average molecular weight is 1900 g/mol. The first-order valence-corrected chi connectivity index (χ1v) is 51.7. The number of ether oxygens (including phenoxy) is 6. The first kappa shape index (κ1) is 99.5. The maximum Gasteiger partial charge on any atom is 0.407 e. The minimum Gasteiger partial charge on any atom is -0.460 e. The summed E-state index contributed by atoms with van der Waals surface area (Å²) in [6, 6.07) is 58.0. The number of rotatable bonds is 29. The summed E-state index contributed by atoms with van der Waals surface area (Å²) >= 11 is 16.0. The van der Waals surface area contributed by atoms with Gasteiger partial charge in [0.25, 0.3) is 5.91 Å². The first-order valence-electron chi connectivity index (χ1n) is 43.3. The molecule has 22 nitrogen and oxygen atoms in total. The number of likely N-dealkylation sites (tertiary alicyclic amines) is 2. The standard InChI is InChI=1S/C56H72N6O10.C43H42ClNO5.S7/c1-11-27-70-52(67)44-29-56(10)40-23-16-17-24-41(40)58-54(56)62(44)50(65)45(32(4)5)59-48(63)42(28-31(2)3)57-49(64)43-25-18-26-61(43)51(66)47(34(8)9)72-53(68)46(33(6)7)60-55(69)71-30-39-37-21-14-12-19-35(37)36-20-13-15-22-38(36)39;1-28-23-25-31(26-24-28)43(30-15-7-6-8-16-30,37-21-13-14-22-38(37)44)50-40(46)39(29(2)49-42(3,4)5)45-41(47)48-27-36-34-19-11-9-17-32(34)33-18-10-12-20-35(33)36;1-3-5-7-6-4-2/h11-17,19-24,31-34,39,42-47,54,58H,1,18,25-30H2,2-10H3,(H,57,64)(H,59,63)(H,60,69);6-26,29,36,39H,27H2,1-5H3,(H,45,47);/t42-,43+,44-,45+,46+,47-,54-,56-;29-,39+,43?;/m00./s1. The molecule has 684 valence electrons. The van der Waals surface area contributed by atoms with E-state index in [1.54, 1.807) is 81.2 Å². The zero-order valence-electron chi connectivity index (χ0n) is 74.9. The Morgan fingerprint density at radius 1 is 0.574 bits per heavy atom. The molecule has 3 aliphatic heterocycles. The van der Waals surface area contributed by atoms with Crippen molar-refractivity contribution in [2.24, 2.45) is 23.7 Å². The smallest absolute Gasteiger partial charge is 0.407 e. The number of esters is 3. The highest BCUT2D eigenvalue weighted by Gasteiger charge is 2.60. The zero-order chi connectivity index (χ0) is 93.2. The van der Waals surface area contributed by atoms with Crippen LogP contribution >= 0.6 is 11.6 Å². The van der Waals surface area contributed by atoms with E-state index in [2.05, 4.69) is 79.8 Å². The number of fused-ring (bicyclic) bond motifs is 9. The fourth-order valence-electron chi connectivity index (χ4n) is 17.7. The van der Waals surface area contributed by atoms with Crippen LogP contribution in [-0.2, 0) is 140 Å². The maximum atomic E-state index is 14.9. The summed E-state index contributed by atoms with van der Waals surface area (Å²) in [4.78, 5) is 130. The highest BCUT2D eigenvalue weighted by molar-refractivity contribution is 8.68. The number of aryl methyl sites for hydroxylation is 1. The van der Waals surface area contributed by atoms with E-state index in [9.17, 15) is 43.2 Å². The molecule has 0 saturated carbocycles. The Balaban J connectivity index is 0.000000245. The van der Waals surface area contributed by atoms with Crippen molar-refractivity contribution in [3.05, 3.63) is 268 Å². The van der Waals surface area contributed by atoms with Crippen LogP contribution in [0.2, 0.25) is 5.02 Å². The van der Waals surface area contributed by atoms with Crippen LogP contribution in [0.4, 0.5) is 15.3 Å². The van der Waals surface area contributed by atoms with Gasteiger partial charge in [-0.05, 0) is 146 Å². The lowest BCUT2D eigenvalue weighted by Gasteiger charge is -2.38. The first-order chi connectivity index (χ1) is 61.7. The van der Waals surface area contributed by atoms with Gasteiger partial charge in [-0.3, -0.25) is 19.2 Å². The summed E-state index contributed by atoms with van der Waals surface area (Å²) in [7, 11) is 7.36. The number of carbonyl (C=O) groups excluding carboxylic acids is 9. The van der Waals surface area contributed by atoms with Crippen LogP contribution in [0.25, 0.3) is 22.3 Å². The van der Waals surface area contributed by atoms with Gasteiger partial charge in [-0.2, -0.15) is 0 Å². The zero-order valence-corrected chi connectivity index (χ0v) is 81.4. The second-order valence-corrected chi connectivity index (χ2v) is 44.6. The minimum atomic E-state index is -1.47. The third kappa shape index (κ3) is 23.6. The number of benzene rings is 8. The van der Waals surface area contributed by atoms with E-state index in [4.69, 9.17) is 40.0 Å². The lowest BCUT2D eigenvalue weighted by Crippen LogP contribution is -2.61. The molecule has 0 aromatic heterocycles. The fraction of sp³-hybridized carbons (Fsp3) is 0.404. The Hall–Kier alpha value is -10.1. The van der Waals surface area contributed by atoms with Crippen molar-refractivity contribution in [1.82, 2.24) is 31.1 Å². The molecular weight excluding hydrogens is 1790 g/mol. The molecule has 129 heavy (non-hydrogen) atoms. The molecule has 8 aromatic carbocycles. The van der Waals surface area contributed by atoms with Crippen molar-refractivity contribution in [2.75, 3.05) is 31.7 Å². The van der Waals surface area contributed by atoms with Crippen LogP contribution in [0.15, 0.2) is 213 Å². The van der Waals surface area contributed by atoms with E-state index in [1.165, 1.54) is 33.6 Å². The summed E-state index contributed by atoms with van der Waals surface area (Å²) in [5.74, 6) is -6.08. The highest BCUT2D eigenvalue weighted by atomic mass is 35.5. The summed E-state index contributed by atoms with van der Waals surface area (Å²) in [5.41, 5.74) is 10.8. The van der Waals surface area contributed by atoms with Gasteiger partial charge >= 0.3 is 30.1 Å². The van der Waals surface area contributed by atoms with Gasteiger partial charge < -0.3 is 64.8 Å². The van der Waals surface area contributed by atoms with E-state index in [0.717, 1.165) is 61.3 Å². The van der Waals surface area contributed by atoms with E-state index >= 15 is 0 Å². The molecule has 0 spiro atoms. The van der Waals surface area contributed by atoms with Crippen molar-refractivity contribution in [2.45, 2.75) is 206 Å².